The Balaban J connectivity index is 2.23. The van der Waals surface area contributed by atoms with Gasteiger partial charge >= 0.3 is 5.97 Å². The Labute approximate surface area is 118 Å². The van der Waals surface area contributed by atoms with Gasteiger partial charge in [-0.1, -0.05) is 13.0 Å². The Morgan fingerprint density at radius 3 is 2.65 bits per heavy atom. The van der Waals surface area contributed by atoms with Crippen LogP contribution in [0.4, 0.5) is 10.1 Å². The standard InChI is InChI=1S/C15H19FN2O2/c1-2-17-8-10-18(11-9-17)14-5-3-4-13(16)12(14)6-7-15(19)20/h3-7H,2,8-11H2,1H3,(H,19,20)/b7-6+. The Kier molecular flexibility index (Phi) is 4.74. The number of nitrogens with zero attached hydrogens (tertiary/aromatic N) is 2. The molecule has 1 aliphatic heterocycles. The summed E-state index contributed by atoms with van der Waals surface area (Å²) in [4.78, 5) is 15.1. The third-order valence-corrected chi connectivity index (χ3v) is 3.58. The van der Waals surface area contributed by atoms with Gasteiger partial charge in [0.1, 0.15) is 5.82 Å². The lowest BCUT2D eigenvalue weighted by Crippen LogP contribution is -2.46. The highest BCUT2D eigenvalue weighted by atomic mass is 19.1. The Morgan fingerprint density at radius 1 is 1.35 bits per heavy atom. The van der Waals surface area contributed by atoms with Gasteiger partial charge in [0.2, 0.25) is 0 Å². The molecule has 20 heavy (non-hydrogen) atoms. The Hall–Kier alpha value is -1.88. The van der Waals surface area contributed by atoms with E-state index in [9.17, 15) is 9.18 Å². The van der Waals surface area contributed by atoms with Crippen LogP contribution >= 0.6 is 0 Å². The summed E-state index contributed by atoms with van der Waals surface area (Å²) in [6, 6.07) is 4.86. The molecule has 0 amide bonds. The maximum atomic E-state index is 13.9. The average molecular weight is 278 g/mol. The molecule has 108 valence electrons. The monoisotopic (exact) mass is 278 g/mol. The van der Waals surface area contributed by atoms with Gasteiger partial charge in [-0.15, -0.1) is 0 Å². The molecule has 0 saturated carbocycles. The van der Waals surface area contributed by atoms with E-state index in [2.05, 4.69) is 16.7 Å². The molecule has 0 atom stereocenters. The molecule has 1 N–H and O–H groups in total. The third-order valence-electron chi connectivity index (χ3n) is 3.58. The topological polar surface area (TPSA) is 43.8 Å². The van der Waals surface area contributed by atoms with Crippen molar-refractivity contribution in [3.63, 3.8) is 0 Å². The van der Waals surface area contributed by atoms with E-state index >= 15 is 0 Å². The maximum absolute atomic E-state index is 13.9. The van der Waals surface area contributed by atoms with Crippen LogP contribution in [0, 0.1) is 5.82 Å². The van der Waals surface area contributed by atoms with Crippen molar-refractivity contribution in [3.8, 4) is 0 Å². The van der Waals surface area contributed by atoms with Gasteiger partial charge in [0, 0.05) is 43.5 Å². The predicted molar refractivity (Wildman–Crippen MR) is 77.4 cm³/mol. The van der Waals surface area contributed by atoms with Gasteiger partial charge in [0.15, 0.2) is 0 Å². The second-order valence-electron chi connectivity index (χ2n) is 4.77. The number of carbonyl (C=O) groups is 1. The van der Waals surface area contributed by atoms with E-state index < -0.39 is 11.8 Å². The summed E-state index contributed by atoms with van der Waals surface area (Å²) in [6.45, 7) is 6.67. The fraction of sp³-hybridized carbons (Fsp3) is 0.400. The lowest BCUT2D eigenvalue weighted by atomic mass is 10.1. The van der Waals surface area contributed by atoms with E-state index in [-0.39, 0.29) is 0 Å². The van der Waals surface area contributed by atoms with Gasteiger partial charge in [0.25, 0.3) is 0 Å². The van der Waals surface area contributed by atoms with Gasteiger partial charge in [-0.3, -0.25) is 0 Å². The first kappa shape index (κ1) is 14.5. The smallest absolute Gasteiger partial charge is 0.328 e. The fourth-order valence-corrected chi connectivity index (χ4v) is 2.43. The van der Waals surface area contributed by atoms with Crippen LogP contribution in [-0.4, -0.2) is 48.7 Å². The van der Waals surface area contributed by atoms with Crippen molar-refractivity contribution in [2.45, 2.75) is 6.92 Å². The van der Waals surface area contributed by atoms with Gasteiger partial charge in [-0.25, -0.2) is 9.18 Å². The Morgan fingerprint density at radius 2 is 2.05 bits per heavy atom. The minimum atomic E-state index is -1.07. The van der Waals surface area contributed by atoms with Gasteiger partial charge in [-0.05, 0) is 24.8 Å². The van der Waals surface area contributed by atoms with Crippen LogP contribution in [0.3, 0.4) is 0 Å². The average Bonchev–Trinajstić information content (AvgIpc) is 2.45. The van der Waals surface area contributed by atoms with E-state index in [0.717, 1.165) is 44.5 Å². The number of aliphatic carboxylic acids is 1. The molecule has 2 rings (SSSR count). The summed E-state index contributed by atoms with van der Waals surface area (Å²) in [5.41, 5.74) is 1.11. The van der Waals surface area contributed by atoms with Crippen molar-refractivity contribution in [1.82, 2.24) is 4.90 Å². The molecular weight excluding hydrogens is 259 g/mol. The van der Waals surface area contributed by atoms with Crippen LogP contribution in [0.1, 0.15) is 12.5 Å². The number of halogens is 1. The number of carboxylic acids is 1. The van der Waals surface area contributed by atoms with Crippen LogP contribution < -0.4 is 4.90 Å². The number of likely N-dealkylation sites (N-methyl/N-ethyl adjacent to an activating group) is 1. The van der Waals surface area contributed by atoms with Gasteiger partial charge in [-0.2, -0.15) is 0 Å². The molecule has 1 aromatic rings. The third kappa shape index (κ3) is 3.36. The van der Waals surface area contributed by atoms with Crippen LogP contribution in [0.15, 0.2) is 24.3 Å². The van der Waals surface area contributed by atoms with Crippen molar-refractivity contribution in [2.75, 3.05) is 37.6 Å². The SMILES string of the molecule is CCN1CCN(c2cccc(F)c2/C=C/C(=O)O)CC1. The number of piperazine rings is 1. The van der Waals surface area contributed by atoms with Crippen molar-refractivity contribution in [1.29, 1.82) is 0 Å². The molecule has 1 saturated heterocycles. The lowest BCUT2D eigenvalue weighted by Gasteiger charge is -2.36. The van der Waals surface area contributed by atoms with E-state index in [1.165, 1.54) is 12.1 Å². The molecule has 5 heteroatoms. The maximum Gasteiger partial charge on any atom is 0.328 e. The van der Waals surface area contributed by atoms with Crippen molar-refractivity contribution in [2.24, 2.45) is 0 Å². The van der Waals surface area contributed by atoms with Crippen LogP contribution in [0.5, 0.6) is 0 Å². The molecule has 1 aliphatic rings. The molecular formula is C15H19FN2O2. The quantitative estimate of drug-likeness (QED) is 0.856. The van der Waals surface area contributed by atoms with Crippen LogP contribution in [0.25, 0.3) is 6.08 Å². The fourth-order valence-electron chi connectivity index (χ4n) is 2.43. The lowest BCUT2D eigenvalue weighted by molar-refractivity contribution is -0.131. The molecule has 1 heterocycles. The molecule has 4 nitrogen and oxygen atoms in total. The number of hydrogen-bond donors (Lipinski definition) is 1. The zero-order valence-electron chi connectivity index (χ0n) is 11.6. The molecule has 1 aromatic carbocycles. The summed E-state index contributed by atoms with van der Waals surface area (Å²) in [6.07, 6.45) is 2.31. The van der Waals surface area contributed by atoms with Crippen LogP contribution in [-0.2, 0) is 4.79 Å². The summed E-state index contributed by atoms with van der Waals surface area (Å²) >= 11 is 0. The zero-order valence-corrected chi connectivity index (χ0v) is 11.6. The first-order valence-electron chi connectivity index (χ1n) is 6.78. The van der Waals surface area contributed by atoms with E-state index in [0.29, 0.717) is 5.56 Å². The zero-order chi connectivity index (χ0) is 14.5. The molecule has 0 aromatic heterocycles. The van der Waals surface area contributed by atoms with Gasteiger partial charge < -0.3 is 14.9 Å². The minimum absolute atomic E-state index is 0.347. The largest absolute Gasteiger partial charge is 0.478 e. The number of hydrogen-bond acceptors (Lipinski definition) is 3. The number of anilines is 1. The van der Waals surface area contributed by atoms with Crippen molar-refractivity contribution in [3.05, 3.63) is 35.7 Å². The second-order valence-corrected chi connectivity index (χ2v) is 4.77. The molecule has 1 fully saturated rings. The highest BCUT2D eigenvalue weighted by molar-refractivity contribution is 5.87. The normalized spacial score (nSPS) is 16.8. The summed E-state index contributed by atoms with van der Waals surface area (Å²) in [5.74, 6) is -1.46. The minimum Gasteiger partial charge on any atom is -0.478 e. The highest BCUT2D eigenvalue weighted by Gasteiger charge is 2.18. The number of rotatable bonds is 4. The first-order valence-corrected chi connectivity index (χ1v) is 6.78. The molecule has 0 bridgehead atoms. The Bertz CT molecular complexity index is 509. The predicted octanol–water partition coefficient (Wildman–Crippen LogP) is 2.07. The second kappa shape index (κ2) is 6.52. The molecule has 0 unspecified atom stereocenters. The number of benzene rings is 1. The van der Waals surface area contributed by atoms with E-state index in [1.54, 1.807) is 6.07 Å². The summed E-state index contributed by atoms with van der Waals surface area (Å²) < 4.78 is 13.9. The first-order chi connectivity index (χ1) is 9.61. The molecule has 0 radical (unpaired) electrons. The van der Waals surface area contributed by atoms with Crippen molar-refractivity contribution < 1.29 is 14.3 Å². The molecule has 0 aliphatic carbocycles. The van der Waals surface area contributed by atoms with E-state index in [1.807, 2.05) is 6.07 Å². The molecule has 0 spiro atoms. The number of carboxylic acid groups (broad SMARTS) is 1. The van der Waals surface area contributed by atoms with Crippen LogP contribution in [0.2, 0.25) is 0 Å². The van der Waals surface area contributed by atoms with E-state index in [4.69, 9.17) is 5.11 Å². The summed E-state index contributed by atoms with van der Waals surface area (Å²) in [7, 11) is 0. The van der Waals surface area contributed by atoms with Crippen molar-refractivity contribution >= 4 is 17.7 Å². The highest BCUT2D eigenvalue weighted by Crippen LogP contribution is 2.25. The van der Waals surface area contributed by atoms with Gasteiger partial charge in [0.05, 0.1) is 0 Å². The summed E-state index contributed by atoms with van der Waals surface area (Å²) in [5, 5.41) is 8.70.